The summed E-state index contributed by atoms with van der Waals surface area (Å²) >= 11 is 0. The van der Waals surface area contributed by atoms with E-state index < -0.39 is 0 Å². The van der Waals surface area contributed by atoms with Crippen LogP contribution >= 0.6 is 0 Å². The lowest BCUT2D eigenvalue weighted by atomic mass is 10.1. The van der Waals surface area contributed by atoms with Gasteiger partial charge in [0.05, 0.1) is 19.3 Å². The fourth-order valence-corrected chi connectivity index (χ4v) is 2.69. The average Bonchev–Trinajstić information content (AvgIpc) is 3.07. The van der Waals surface area contributed by atoms with Crippen LogP contribution in [0.25, 0.3) is 5.65 Å². The number of amides is 1. The lowest BCUT2D eigenvalue weighted by Gasteiger charge is -2.15. The Balaban J connectivity index is 1.79. The lowest BCUT2D eigenvalue weighted by Crippen LogP contribution is -2.28. The van der Waals surface area contributed by atoms with Gasteiger partial charge in [-0.3, -0.25) is 9.20 Å². The standard InChI is InChI=1S/C19H22N4O3/c1-4-25-15-10-9-14(12-16(15)26-5-2)19(24)20-13(3)18-22-21-17-8-6-7-11-23(17)18/h6-13H,4-5H2,1-3H3,(H,20,24)/t13-/m0/s1. The topological polar surface area (TPSA) is 77.8 Å². The first-order valence-electron chi connectivity index (χ1n) is 8.64. The molecule has 1 atom stereocenters. The van der Waals surface area contributed by atoms with Crippen LogP contribution in [0, 0.1) is 0 Å². The summed E-state index contributed by atoms with van der Waals surface area (Å²) in [5, 5.41) is 11.2. The summed E-state index contributed by atoms with van der Waals surface area (Å²) in [4.78, 5) is 12.6. The number of hydrogen-bond donors (Lipinski definition) is 1. The van der Waals surface area contributed by atoms with Crippen molar-refractivity contribution >= 4 is 11.6 Å². The normalized spacial score (nSPS) is 12.0. The SMILES string of the molecule is CCOc1ccc(C(=O)N[C@@H](C)c2nnc3ccccn23)cc1OCC. The highest BCUT2D eigenvalue weighted by molar-refractivity contribution is 5.95. The predicted octanol–water partition coefficient (Wildman–Crippen LogP) is 3.02. The summed E-state index contributed by atoms with van der Waals surface area (Å²) in [6, 6.07) is 10.5. The molecule has 0 saturated heterocycles. The third-order valence-corrected chi connectivity index (χ3v) is 3.88. The first-order valence-corrected chi connectivity index (χ1v) is 8.64. The summed E-state index contributed by atoms with van der Waals surface area (Å²) < 4.78 is 13.0. The van der Waals surface area contributed by atoms with Gasteiger partial charge in [0.1, 0.15) is 0 Å². The molecule has 7 nitrogen and oxygen atoms in total. The van der Waals surface area contributed by atoms with E-state index in [0.29, 0.717) is 36.1 Å². The molecular formula is C19H22N4O3. The summed E-state index contributed by atoms with van der Waals surface area (Å²) in [6.45, 7) is 6.69. The van der Waals surface area contributed by atoms with Crippen molar-refractivity contribution in [1.29, 1.82) is 0 Å². The Morgan fingerprint density at radius 3 is 2.65 bits per heavy atom. The molecule has 26 heavy (non-hydrogen) atoms. The second kappa shape index (κ2) is 7.86. The molecule has 0 spiro atoms. The second-order valence-corrected chi connectivity index (χ2v) is 5.71. The monoisotopic (exact) mass is 354 g/mol. The summed E-state index contributed by atoms with van der Waals surface area (Å²) in [6.07, 6.45) is 1.87. The Labute approximate surface area is 152 Å². The first-order chi connectivity index (χ1) is 12.6. The molecule has 136 valence electrons. The largest absolute Gasteiger partial charge is 0.490 e. The minimum atomic E-state index is -0.304. The number of nitrogens with one attached hydrogen (secondary N) is 1. The van der Waals surface area contributed by atoms with Crippen LogP contribution in [0.1, 0.15) is 43.0 Å². The summed E-state index contributed by atoms with van der Waals surface area (Å²) in [7, 11) is 0. The van der Waals surface area contributed by atoms with Gasteiger partial charge in [-0.2, -0.15) is 0 Å². The Morgan fingerprint density at radius 1 is 1.12 bits per heavy atom. The van der Waals surface area contributed by atoms with Crippen LogP contribution in [0.3, 0.4) is 0 Å². The quantitative estimate of drug-likeness (QED) is 0.706. The van der Waals surface area contributed by atoms with Crippen molar-refractivity contribution in [3.05, 3.63) is 54.0 Å². The molecule has 1 amide bonds. The molecule has 2 aromatic heterocycles. The highest BCUT2D eigenvalue weighted by Gasteiger charge is 2.18. The third kappa shape index (κ3) is 3.61. The molecule has 3 aromatic rings. The fourth-order valence-electron chi connectivity index (χ4n) is 2.69. The van der Waals surface area contributed by atoms with Crippen molar-refractivity contribution in [2.24, 2.45) is 0 Å². The van der Waals surface area contributed by atoms with E-state index in [-0.39, 0.29) is 11.9 Å². The van der Waals surface area contributed by atoms with E-state index >= 15 is 0 Å². The van der Waals surface area contributed by atoms with Gasteiger partial charge in [-0.25, -0.2) is 0 Å². The number of fused-ring (bicyclic) bond motifs is 1. The van der Waals surface area contributed by atoms with E-state index in [2.05, 4.69) is 15.5 Å². The predicted molar refractivity (Wildman–Crippen MR) is 97.6 cm³/mol. The number of pyridine rings is 1. The van der Waals surface area contributed by atoms with Crippen LogP contribution in [-0.4, -0.2) is 33.7 Å². The third-order valence-electron chi connectivity index (χ3n) is 3.88. The van der Waals surface area contributed by atoms with E-state index in [1.165, 1.54) is 0 Å². The van der Waals surface area contributed by atoms with Gasteiger partial charge in [-0.1, -0.05) is 6.07 Å². The van der Waals surface area contributed by atoms with E-state index in [1.807, 2.05) is 49.6 Å². The maximum atomic E-state index is 12.6. The van der Waals surface area contributed by atoms with Crippen molar-refractivity contribution < 1.29 is 14.3 Å². The lowest BCUT2D eigenvalue weighted by molar-refractivity contribution is 0.0937. The highest BCUT2D eigenvalue weighted by atomic mass is 16.5. The van der Waals surface area contributed by atoms with Crippen molar-refractivity contribution in [2.45, 2.75) is 26.8 Å². The Kier molecular flexibility index (Phi) is 5.36. The van der Waals surface area contributed by atoms with Crippen molar-refractivity contribution in [1.82, 2.24) is 19.9 Å². The maximum absolute atomic E-state index is 12.6. The molecule has 1 aromatic carbocycles. The fraction of sp³-hybridized carbons (Fsp3) is 0.316. The number of rotatable bonds is 7. The highest BCUT2D eigenvalue weighted by Crippen LogP contribution is 2.28. The molecule has 3 rings (SSSR count). The number of carbonyl (C=O) groups is 1. The molecule has 0 aliphatic carbocycles. The van der Waals surface area contributed by atoms with Gasteiger partial charge in [-0.05, 0) is 51.1 Å². The molecule has 0 saturated carbocycles. The average molecular weight is 354 g/mol. The van der Waals surface area contributed by atoms with Gasteiger partial charge >= 0.3 is 0 Å². The minimum absolute atomic E-state index is 0.214. The zero-order valence-corrected chi connectivity index (χ0v) is 15.1. The van der Waals surface area contributed by atoms with Crippen LogP contribution in [0.4, 0.5) is 0 Å². The minimum Gasteiger partial charge on any atom is -0.490 e. The molecule has 0 radical (unpaired) electrons. The van der Waals surface area contributed by atoms with Gasteiger partial charge < -0.3 is 14.8 Å². The number of aromatic nitrogens is 3. The van der Waals surface area contributed by atoms with Gasteiger partial charge in [0.2, 0.25) is 0 Å². The van der Waals surface area contributed by atoms with E-state index in [9.17, 15) is 4.79 Å². The van der Waals surface area contributed by atoms with E-state index in [4.69, 9.17) is 9.47 Å². The molecule has 7 heteroatoms. The number of benzene rings is 1. The van der Waals surface area contributed by atoms with Gasteiger partial charge in [0.15, 0.2) is 23.0 Å². The zero-order valence-electron chi connectivity index (χ0n) is 15.1. The molecule has 0 bridgehead atoms. The molecule has 0 aliphatic rings. The number of hydrogen-bond acceptors (Lipinski definition) is 5. The number of ether oxygens (including phenoxy) is 2. The summed E-state index contributed by atoms with van der Waals surface area (Å²) in [5.41, 5.74) is 1.24. The van der Waals surface area contributed by atoms with Gasteiger partial charge in [0, 0.05) is 11.8 Å². The molecular weight excluding hydrogens is 332 g/mol. The van der Waals surface area contributed by atoms with Crippen LogP contribution < -0.4 is 14.8 Å². The van der Waals surface area contributed by atoms with E-state index in [0.717, 1.165) is 5.65 Å². The maximum Gasteiger partial charge on any atom is 0.252 e. The van der Waals surface area contributed by atoms with Crippen LogP contribution in [0.5, 0.6) is 11.5 Å². The molecule has 1 N–H and O–H groups in total. The van der Waals surface area contributed by atoms with Gasteiger partial charge in [0.25, 0.3) is 5.91 Å². The molecule has 2 heterocycles. The molecule has 0 aliphatic heterocycles. The van der Waals surface area contributed by atoms with Crippen LogP contribution in [0.2, 0.25) is 0 Å². The number of carbonyl (C=O) groups excluding carboxylic acids is 1. The Bertz CT molecular complexity index is 907. The second-order valence-electron chi connectivity index (χ2n) is 5.71. The summed E-state index contributed by atoms with van der Waals surface area (Å²) in [5.74, 6) is 1.64. The Hall–Kier alpha value is -3.09. The van der Waals surface area contributed by atoms with Crippen molar-refractivity contribution in [3.8, 4) is 11.5 Å². The zero-order chi connectivity index (χ0) is 18.5. The van der Waals surface area contributed by atoms with Crippen LogP contribution in [0.15, 0.2) is 42.6 Å². The number of nitrogens with zero attached hydrogens (tertiary/aromatic N) is 3. The van der Waals surface area contributed by atoms with Crippen molar-refractivity contribution in [2.75, 3.05) is 13.2 Å². The van der Waals surface area contributed by atoms with E-state index in [1.54, 1.807) is 18.2 Å². The Morgan fingerprint density at radius 2 is 1.88 bits per heavy atom. The molecule has 0 unspecified atom stereocenters. The smallest absolute Gasteiger partial charge is 0.252 e. The van der Waals surface area contributed by atoms with Gasteiger partial charge in [-0.15, -0.1) is 10.2 Å². The molecule has 0 fully saturated rings. The van der Waals surface area contributed by atoms with Crippen molar-refractivity contribution in [3.63, 3.8) is 0 Å². The first kappa shape index (κ1) is 17.7. The van der Waals surface area contributed by atoms with Crippen LogP contribution in [-0.2, 0) is 0 Å².